The van der Waals surface area contributed by atoms with Crippen LogP contribution in [0.4, 0.5) is 0 Å². The van der Waals surface area contributed by atoms with E-state index in [1.165, 1.54) is 0 Å². The number of nitrogens with one attached hydrogen (secondary N) is 1. The van der Waals surface area contributed by atoms with E-state index < -0.39 is 0 Å². The van der Waals surface area contributed by atoms with E-state index in [0.717, 1.165) is 15.6 Å². The molecule has 2 rings (SSSR count). The first-order chi connectivity index (χ1) is 7.22. The zero-order valence-corrected chi connectivity index (χ0v) is 9.32. The summed E-state index contributed by atoms with van der Waals surface area (Å²) in [6.07, 6.45) is 3.51. The molecule has 0 aliphatic rings. The van der Waals surface area contributed by atoms with E-state index in [0.29, 0.717) is 0 Å². The smallest absolute Gasteiger partial charge is 0.100 e. The van der Waals surface area contributed by atoms with Crippen LogP contribution in [0.1, 0.15) is 21.6 Å². The molecule has 2 aromatic rings. The average molecular weight is 224 g/mol. The number of nitrogens with zero attached hydrogens (tertiary/aromatic N) is 4. The number of hydrazine groups is 1. The molecule has 0 aliphatic carbocycles. The molecular formula is C8H12N6S. The van der Waals surface area contributed by atoms with E-state index in [4.69, 9.17) is 5.84 Å². The Bertz CT molecular complexity index is 447. The number of thiazole rings is 1. The third kappa shape index (κ3) is 1.89. The predicted octanol–water partition coefficient (Wildman–Crippen LogP) is 0.133. The Morgan fingerprint density at radius 3 is 2.80 bits per heavy atom. The van der Waals surface area contributed by atoms with Gasteiger partial charge in [0.1, 0.15) is 6.04 Å². The summed E-state index contributed by atoms with van der Waals surface area (Å²) in [5.41, 5.74) is 3.66. The van der Waals surface area contributed by atoms with Gasteiger partial charge in [0.05, 0.1) is 16.9 Å². The molecular weight excluding hydrogens is 212 g/mol. The Balaban J connectivity index is 2.36. The van der Waals surface area contributed by atoms with Gasteiger partial charge in [0.15, 0.2) is 0 Å². The van der Waals surface area contributed by atoms with Crippen LogP contribution in [0.3, 0.4) is 0 Å². The van der Waals surface area contributed by atoms with Crippen molar-refractivity contribution in [2.75, 3.05) is 0 Å². The maximum atomic E-state index is 5.53. The molecule has 80 valence electrons. The minimum Gasteiger partial charge on any atom is -0.270 e. The second kappa shape index (κ2) is 4.05. The molecule has 0 amide bonds. The highest BCUT2D eigenvalue weighted by Gasteiger charge is 2.18. The molecule has 2 aromatic heterocycles. The van der Waals surface area contributed by atoms with E-state index in [1.807, 2.05) is 20.2 Å². The largest absolute Gasteiger partial charge is 0.270 e. The van der Waals surface area contributed by atoms with Crippen molar-refractivity contribution in [3.63, 3.8) is 0 Å². The highest BCUT2D eigenvalue weighted by molar-refractivity contribution is 7.11. The molecule has 0 fully saturated rings. The Hall–Kier alpha value is -1.31. The van der Waals surface area contributed by atoms with E-state index in [1.54, 1.807) is 22.2 Å². The van der Waals surface area contributed by atoms with Crippen molar-refractivity contribution in [2.24, 2.45) is 12.9 Å². The maximum Gasteiger partial charge on any atom is 0.100 e. The third-order valence-corrected chi connectivity index (χ3v) is 3.11. The number of nitrogens with two attached hydrogens (primary N) is 1. The fourth-order valence-corrected chi connectivity index (χ4v) is 2.24. The lowest BCUT2D eigenvalue weighted by Crippen LogP contribution is -2.29. The molecule has 1 atom stereocenters. The normalized spacial score (nSPS) is 13.0. The third-order valence-electron chi connectivity index (χ3n) is 2.14. The first-order valence-corrected chi connectivity index (χ1v) is 5.27. The Labute approximate surface area is 91.1 Å². The standard InChI is InChI=1S/C8H12N6S/c1-5-10-4-7(15-5)8(12-9)6-3-11-13-14(6)2/h3-4,8,12H,9H2,1-2H3. The van der Waals surface area contributed by atoms with Crippen LogP contribution in [-0.2, 0) is 7.05 Å². The highest BCUT2D eigenvalue weighted by atomic mass is 32.1. The van der Waals surface area contributed by atoms with Crippen LogP contribution in [0.25, 0.3) is 0 Å². The molecule has 0 aliphatic heterocycles. The van der Waals surface area contributed by atoms with Crippen molar-refractivity contribution in [2.45, 2.75) is 13.0 Å². The van der Waals surface area contributed by atoms with Gasteiger partial charge >= 0.3 is 0 Å². The van der Waals surface area contributed by atoms with Gasteiger partial charge in [-0.15, -0.1) is 16.4 Å². The van der Waals surface area contributed by atoms with Crippen LogP contribution in [-0.4, -0.2) is 20.0 Å². The number of rotatable bonds is 3. The summed E-state index contributed by atoms with van der Waals surface area (Å²) in [5.74, 6) is 5.53. The second-order valence-corrected chi connectivity index (χ2v) is 4.43. The fraction of sp³-hybridized carbons (Fsp3) is 0.375. The molecule has 0 saturated carbocycles. The van der Waals surface area contributed by atoms with Crippen molar-refractivity contribution >= 4 is 11.3 Å². The lowest BCUT2D eigenvalue weighted by atomic mass is 10.2. The van der Waals surface area contributed by atoms with Gasteiger partial charge < -0.3 is 0 Å². The maximum absolute atomic E-state index is 5.53. The van der Waals surface area contributed by atoms with Crippen molar-refractivity contribution in [1.29, 1.82) is 0 Å². The van der Waals surface area contributed by atoms with Crippen molar-refractivity contribution < 1.29 is 0 Å². The summed E-state index contributed by atoms with van der Waals surface area (Å²) in [6, 6.07) is -0.101. The topological polar surface area (TPSA) is 81.7 Å². The molecule has 3 N–H and O–H groups in total. The van der Waals surface area contributed by atoms with Crippen molar-refractivity contribution in [3.8, 4) is 0 Å². The van der Waals surface area contributed by atoms with Gasteiger partial charge in [-0.25, -0.2) is 10.4 Å². The summed E-state index contributed by atoms with van der Waals surface area (Å²) in [6.45, 7) is 1.96. The Morgan fingerprint density at radius 1 is 1.53 bits per heavy atom. The zero-order chi connectivity index (χ0) is 10.8. The molecule has 0 aromatic carbocycles. The summed E-state index contributed by atoms with van der Waals surface area (Å²) in [4.78, 5) is 5.25. The molecule has 1 unspecified atom stereocenters. The van der Waals surface area contributed by atoms with Crippen molar-refractivity contribution in [3.05, 3.63) is 28.0 Å². The molecule has 6 nitrogen and oxygen atoms in total. The van der Waals surface area contributed by atoms with Crippen LogP contribution in [0, 0.1) is 6.92 Å². The second-order valence-electron chi connectivity index (χ2n) is 3.16. The van der Waals surface area contributed by atoms with Crippen LogP contribution in [0.2, 0.25) is 0 Å². The molecule has 0 saturated heterocycles. The van der Waals surface area contributed by atoms with Crippen LogP contribution in [0.15, 0.2) is 12.4 Å². The van der Waals surface area contributed by atoms with E-state index >= 15 is 0 Å². The minimum absolute atomic E-state index is 0.101. The van der Waals surface area contributed by atoms with Gasteiger partial charge in [-0.2, -0.15) is 0 Å². The summed E-state index contributed by atoms with van der Waals surface area (Å²) >= 11 is 1.60. The monoisotopic (exact) mass is 224 g/mol. The summed E-state index contributed by atoms with van der Waals surface area (Å²) < 4.78 is 1.69. The van der Waals surface area contributed by atoms with Crippen LogP contribution >= 0.6 is 11.3 Å². The summed E-state index contributed by atoms with van der Waals surface area (Å²) in [7, 11) is 1.83. The lowest BCUT2D eigenvalue weighted by Gasteiger charge is -2.12. The number of hydrogen-bond acceptors (Lipinski definition) is 6. The van der Waals surface area contributed by atoms with Gasteiger partial charge in [-0.05, 0) is 6.92 Å². The van der Waals surface area contributed by atoms with Gasteiger partial charge in [-0.1, -0.05) is 5.21 Å². The Morgan fingerprint density at radius 2 is 2.33 bits per heavy atom. The van der Waals surface area contributed by atoms with Gasteiger partial charge in [0.2, 0.25) is 0 Å². The summed E-state index contributed by atoms with van der Waals surface area (Å²) in [5, 5.41) is 8.71. The van der Waals surface area contributed by atoms with Gasteiger partial charge in [0.25, 0.3) is 0 Å². The average Bonchev–Trinajstić information content (AvgIpc) is 2.79. The zero-order valence-electron chi connectivity index (χ0n) is 8.51. The molecule has 0 radical (unpaired) electrons. The van der Waals surface area contributed by atoms with E-state index in [2.05, 4.69) is 20.7 Å². The molecule has 15 heavy (non-hydrogen) atoms. The molecule has 0 spiro atoms. The lowest BCUT2D eigenvalue weighted by molar-refractivity contribution is 0.576. The van der Waals surface area contributed by atoms with Crippen LogP contribution in [0.5, 0.6) is 0 Å². The highest BCUT2D eigenvalue weighted by Crippen LogP contribution is 2.24. The first kappa shape index (κ1) is 10.2. The number of aryl methyl sites for hydroxylation is 2. The Kier molecular flexibility index (Phi) is 2.76. The molecule has 7 heteroatoms. The molecule has 2 heterocycles. The SMILES string of the molecule is Cc1ncc(C(NN)c2cnnn2C)s1. The quantitative estimate of drug-likeness (QED) is 0.572. The molecule has 0 bridgehead atoms. The van der Waals surface area contributed by atoms with E-state index in [9.17, 15) is 0 Å². The van der Waals surface area contributed by atoms with Gasteiger partial charge in [-0.3, -0.25) is 10.5 Å². The fourth-order valence-electron chi connectivity index (χ4n) is 1.38. The number of aromatic nitrogens is 4. The number of hydrogen-bond donors (Lipinski definition) is 2. The van der Waals surface area contributed by atoms with Gasteiger partial charge in [0, 0.05) is 18.1 Å². The van der Waals surface area contributed by atoms with Crippen molar-refractivity contribution in [1.82, 2.24) is 25.4 Å². The predicted molar refractivity (Wildman–Crippen MR) is 57.0 cm³/mol. The first-order valence-electron chi connectivity index (χ1n) is 4.45. The van der Waals surface area contributed by atoms with E-state index in [-0.39, 0.29) is 6.04 Å². The minimum atomic E-state index is -0.101. The van der Waals surface area contributed by atoms with Crippen LogP contribution < -0.4 is 11.3 Å².